The lowest BCUT2D eigenvalue weighted by molar-refractivity contribution is -0.152. The summed E-state index contributed by atoms with van der Waals surface area (Å²) >= 11 is 0. The third-order valence-electron chi connectivity index (χ3n) is 3.66. The van der Waals surface area contributed by atoms with Crippen LogP contribution in [0.2, 0.25) is 0 Å². The first-order valence-electron chi connectivity index (χ1n) is 7.74. The highest BCUT2D eigenvalue weighted by Gasteiger charge is 2.40. The molecule has 1 unspecified atom stereocenters. The summed E-state index contributed by atoms with van der Waals surface area (Å²) in [5, 5.41) is 3.35. The van der Waals surface area contributed by atoms with Crippen LogP contribution in [0.25, 0.3) is 0 Å². The third kappa shape index (κ3) is 4.46. The van der Waals surface area contributed by atoms with Gasteiger partial charge in [0.05, 0.1) is 6.61 Å². The summed E-state index contributed by atoms with van der Waals surface area (Å²) in [6.07, 6.45) is 3.19. The minimum Gasteiger partial charge on any atom is -0.491 e. The van der Waals surface area contributed by atoms with E-state index in [1.165, 1.54) is 5.56 Å². The fourth-order valence-electron chi connectivity index (χ4n) is 2.21. The van der Waals surface area contributed by atoms with Crippen molar-refractivity contribution in [3.63, 3.8) is 0 Å². The first-order chi connectivity index (χ1) is 10.1. The highest BCUT2D eigenvalue weighted by molar-refractivity contribution is 5.80. The van der Waals surface area contributed by atoms with E-state index in [0.29, 0.717) is 12.6 Å². The third-order valence-corrected chi connectivity index (χ3v) is 3.66. The van der Waals surface area contributed by atoms with Crippen LogP contribution in [0.5, 0.6) is 5.75 Å². The van der Waals surface area contributed by atoms with Gasteiger partial charge in [-0.05, 0) is 50.8 Å². The van der Waals surface area contributed by atoms with Gasteiger partial charge in [-0.3, -0.25) is 5.32 Å². The number of rotatable bonds is 8. The molecule has 1 atom stereocenters. The molecule has 116 valence electrons. The van der Waals surface area contributed by atoms with Gasteiger partial charge in [0.2, 0.25) is 0 Å². The predicted octanol–water partition coefficient (Wildman–Crippen LogP) is 2.70. The highest BCUT2D eigenvalue weighted by Crippen LogP contribution is 2.24. The molecule has 4 nitrogen and oxygen atoms in total. The predicted molar refractivity (Wildman–Crippen MR) is 82.5 cm³/mol. The number of benzene rings is 1. The molecule has 21 heavy (non-hydrogen) atoms. The number of hydrogen-bond acceptors (Lipinski definition) is 4. The second kappa shape index (κ2) is 6.94. The molecule has 1 aliphatic rings. The molecule has 1 aromatic rings. The highest BCUT2D eigenvalue weighted by atomic mass is 16.5. The molecule has 0 aromatic heterocycles. The van der Waals surface area contributed by atoms with Crippen molar-refractivity contribution in [1.82, 2.24) is 5.32 Å². The second-order valence-corrected chi connectivity index (χ2v) is 5.76. The molecule has 1 fully saturated rings. The van der Waals surface area contributed by atoms with Gasteiger partial charge >= 0.3 is 5.97 Å². The van der Waals surface area contributed by atoms with Crippen LogP contribution in [0.3, 0.4) is 0 Å². The van der Waals surface area contributed by atoms with E-state index in [9.17, 15) is 4.79 Å². The molecule has 0 aliphatic heterocycles. The lowest BCUT2D eigenvalue weighted by atomic mass is 10.0. The number of nitrogens with one attached hydrogen (secondary N) is 1. The summed E-state index contributed by atoms with van der Waals surface area (Å²) in [6, 6.07) is 8.39. The molecule has 1 saturated carbocycles. The summed E-state index contributed by atoms with van der Waals surface area (Å²) in [5.41, 5.74) is 0.430. The SMILES string of the molecule is CCOC(=O)C(C)(COc1cccc(CC)c1)NC1CC1. The van der Waals surface area contributed by atoms with E-state index in [1.54, 1.807) is 0 Å². The standard InChI is InChI=1S/C17H25NO3/c1-4-13-7-6-8-15(11-13)21-12-17(3,16(19)20-5-2)18-14-9-10-14/h6-8,11,14,18H,4-5,9-10,12H2,1-3H3. The van der Waals surface area contributed by atoms with Crippen LogP contribution in [0, 0.1) is 0 Å². The van der Waals surface area contributed by atoms with Crippen LogP contribution in [-0.4, -0.2) is 30.8 Å². The molecule has 2 rings (SSSR count). The van der Waals surface area contributed by atoms with Crippen LogP contribution in [0.15, 0.2) is 24.3 Å². The Morgan fingerprint density at radius 2 is 2.14 bits per heavy atom. The summed E-state index contributed by atoms with van der Waals surface area (Å²) in [6.45, 7) is 6.44. The van der Waals surface area contributed by atoms with Crippen LogP contribution in [0.1, 0.15) is 39.2 Å². The molecular weight excluding hydrogens is 266 g/mol. The number of esters is 1. The number of ether oxygens (including phenoxy) is 2. The minimum atomic E-state index is -0.792. The molecule has 0 radical (unpaired) electrons. The van der Waals surface area contributed by atoms with Gasteiger partial charge in [-0.1, -0.05) is 19.1 Å². The van der Waals surface area contributed by atoms with Gasteiger partial charge in [0.1, 0.15) is 17.9 Å². The Bertz CT molecular complexity index is 485. The average molecular weight is 291 g/mol. The van der Waals surface area contributed by atoms with Crippen LogP contribution in [-0.2, 0) is 16.0 Å². The fraction of sp³-hybridized carbons (Fsp3) is 0.588. The molecule has 4 heteroatoms. The van der Waals surface area contributed by atoms with E-state index in [2.05, 4.69) is 18.3 Å². The zero-order valence-corrected chi connectivity index (χ0v) is 13.1. The lowest BCUT2D eigenvalue weighted by Crippen LogP contribution is -2.55. The zero-order chi connectivity index (χ0) is 15.3. The van der Waals surface area contributed by atoms with Gasteiger partial charge in [-0.25, -0.2) is 4.79 Å². The maximum atomic E-state index is 12.2. The molecule has 0 heterocycles. The van der Waals surface area contributed by atoms with E-state index >= 15 is 0 Å². The van der Waals surface area contributed by atoms with Crippen molar-refractivity contribution in [2.75, 3.05) is 13.2 Å². The molecular formula is C17H25NO3. The molecule has 1 aromatic carbocycles. The van der Waals surface area contributed by atoms with E-state index in [4.69, 9.17) is 9.47 Å². The van der Waals surface area contributed by atoms with Crippen LogP contribution in [0.4, 0.5) is 0 Å². The molecule has 0 amide bonds. The van der Waals surface area contributed by atoms with Crippen molar-refractivity contribution >= 4 is 5.97 Å². The first kappa shape index (κ1) is 15.8. The van der Waals surface area contributed by atoms with Crippen LogP contribution < -0.4 is 10.1 Å². The fourth-order valence-corrected chi connectivity index (χ4v) is 2.21. The van der Waals surface area contributed by atoms with E-state index < -0.39 is 5.54 Å². The number of hydrogen-bond donors (Lipinski definition) is 1. The Hall–Kier alpha value is -1.55. The van der Waals surface area contributed by atoms with Gasteiger partial charge in [0, 0.05) is 6.04 Å². The topological polar surface area (TPSA) is 47.6 Å². The number of carbonyl (C=O) groups excluding carboxylic acids is 1. The van der Waals surface area contributed by atoms with Gasteiger partial charge in [0.15, 0.2) is 0 Å². The lowest BCUT2D eigenvalue weighted by Gasteiger charge is -2.28. The van der Waals surface area contributed by atoms with Crippen molar-refractivity contribution in [2.24, 2.45) is 0 Å². The van der Waals surface area contributed by atoms with Crippen molar-refractivity contribution in [2.45, 2.75) is 51.6 Å². The first-order valence-corrected chi connectivity index (χ1v) is 7.74. The molecule has 0 bridgehead atoms. The Balaban J connectivity index is 2.01. The largest absolute Gasteiger partial charge is 0.491 e. The van der Waals surface area contributed by atoms with Gasteiger partial charge < -0.3 is 9.47 Å². The zero-order valence-electron chi connectivity index (χ0n) is 13.1. The van der Waals surface area contributed by atoms with E-state index in [1.807, 2.05) is 32.0 Å². The summed E-state index contributed by atoms with van der Waals surface area (Å²) in [7, 11) is 0. The normalized spacial score (nSPS) is 17.1. The smallest absolute Gasteiger partial charge is 0.329 e. The Morgan fingerprint density at radius 1 is 1.38 bits per heavy atom. The Kier molecular flexibility index (Phi) is 5.23. The summed E-state index contributed by atoms with van der Waals surface area (Å²) in [4.78, 5) is 12.2. The van der Waals surface area contributed by atoms with Gasteiger partial charge in [0.25, 0.3) is 0 Å². The molecule has 0 spiro atoms. The van der Waals surface area contributed by atoms with Crippen LogP contribution >= 0.6 is 0 Å². The molecule has 0 saturated heterocycles. The monoisotopic (exact) mass is 291 g/mol. The molecule has 1 N–H and O–H groups in total. The second-order valence-electron chi connectivity index (χ2n) is 5.76. The average Bonchev–Trinajstić information content (AvgIpc) is 3.29. The number of carbonyl (C=O) groups is 1. The maximum Gasteiger partial charge on any atom is 0.329 e. The van der Waals surface area contributed by atoms with Crippen molar-refractivity contribution in [3.8, 4) is 5.75 Å². The van der Waals surface area contributed by atoms with Gasteiger partial charge in [-0.15, -0.1) is 0 Å². The van der Waals surface area contributed by atoms with Crippen molar-refractivity contribution in [1.29, 1.82) is 0 Å². The van der Waals surface area contributed by atoms with E-state index in [-0.39, 0.29) is 12.6 Å². The quantitative estimate of drug-likeness (QED) is 0.748. The van der Waals surface area contributed by atoms with Crippen molar-refractivity contribution in [3.05, 3.63) is 29.8 Å². The van der Waals surface area contributed by atoms with Gasteiger partial charge in [-0.2, -0.15) is 0 Å². The summed E-state index contributed by atoms with van der Waals surface area (Å²) < 4.78 is 11.0. The Morgan fingerprint density at radius 3 is 2.76 bits per heavy atom. The minimum absolute atomic E-state index is 0.247. The number of aryl methyl sites for hydroxylation is 1. The van der Waals surface area contributed by atoms with Crippen molar-refractivity contribution < 1.29 is 14.3 Å². The maximum absolute atomic E-state index is 12.2. The van der Waals surface area contributed by atoms with E-state index in [0.717, 1.165) is 25.0 Å². The summed E-state index contributed by atoms with van der Waals surface area (Å²) in [5.74, 6) is 0.547. The molecule has 1 aliphatic carbocycles. The Labute approximate surface area is 126 Å².